The summed E-state index contributed by atoms with van der Waals surface area (Å²) in [4.78, 5) is 12.0. The molecule has 0 spiro atoms. The van der Waals surface area contributed by atoms with Crippen LogP contribution in [0.25, 0.3) is 33.1 Å². The molecule has 1 aromatic carbocycles. The number of hydrogen-bond acceptors (Lipinski definition) is 2. The molecule has 4 aromatic rings. The quantitative estimate of drug-likeness (QED) is 0.560. The van der Waals surface area contributed by atoms with Crippen molar-refractivity contribution in [1.82, 2.24) is 15.0 Å². The van der Waals surface area contributed by atoms with E-state index in [1.165, 1.54) is 0 Å². The molecule has 3 aromatic heterocycles. The van der Waals surface area contributed by atoms with Crippen molar-refractivity contribution in [3.8, 4) is 11.1 Å². The highest BCUT2D eigenvalue weighted by atomic mass is 35.5. The van der Waals surface area contributed by atoms with Gasteiger partial charge in [-0.1, -0.05) is 35.9 Å². The van der Waals surface area contributed by atoms with E-state index in [2.05, 4.69) is 33.2 Å². The number of pyridine rings is 2. The van der Waals surface area contributed by atoms with E-state index in [1.807, 2.05) is 30.6 Å². The smallest absolute Gasteiger partial charge is 0.137 e. The topological polar surface area (TPSA) is 41.6 Å². The van der Waals surface area contributed by atoms with Crippen molar-refractivity contribution >= 4 is 33.5 Å². The summed E-state index contributed by atoms with van der Waals surface area (Å²) in [7, 11) is 0. The largest absolute Gasteiger partial charge is 0.346 e. The van der Waals surface area contributed by atoms with Gasteiger partial charge in [0.25, 0.3) is 0 Å². The lowest BCUT2D eigenvalue weighted by Crippen LogP contribution is -1.83. The molecule has 0 amide bonds. The summed E-state index contributed by atoms with van der Waals surface area (Å²) in [6, 6.07) is 12.1. The molecule has 0 radical (unpaired) electrons. The first-order valence-corrected chi connectivity index (χ1v) is 6.67. The molecule has 96 valence electrons. The summed E-state index contributed by atoms with van der Waals surface area (Å²) in [5.41, 5.74) is 3.96. The van der Waals surface area contributed by atoms with Gasteiger partial charge in [-0.15, -0.1) is 0 Å². The van der Waals surface area contributed by atoms with Gasteiger partial charge in [-0.3, -0.25) is 4.98 Å². The molecule has 0 saturated heterocycles. The normalized spacial score (nSPS) is 11.2. The molecule has 4 rings (SSSR count). The van der Waals surface area contributed by atoms with E-state index in [-0.39, 0.29) is 0 Å². The number of fused-ring (bicyclic) bond motifs is 2. The Bertz CT molecular complexity index is 922. The van der Waals surface area contributed by atoms with Crippen molar-refractivity contribution in [2.24, 2.45) is 0 Å². The van der Waals surface area contributed by atoms with E-state index in [0.717, 1.165) is 33.1 Å². The third kappa shape index (κ3) is 1.67. The number of para-hydroxylation sites is 1. The highest BCUT2D eigenvalue weighted by molar-refractivity contribution is 6.31. The average molecular weight is 280 g/mol. The first-order valence-electron chi connectivity index (χ1n) is 6.30. The molecule has 1 N–H and O–H groups in total. The molecule has 0 aliphatic rings. The van der Waals surface area contributed by atoms with Gasteiger partial charge in [0.15, 0.2) is 0 Å². The molecule has 0 unspecified atom stereocenters. The van der Waals surface area contributed by atoms with E-state index in [4.69, 9.17) is 11.6 Å². The van der Waals surface area contributed by atoms with E-state index in [9.17, 15) is 0 Å². The SMILES string of the molecule is Clc1cnc2[nH]cc(-c3cccc4cccnc34)c2c1. The second-order valence-electron chi connectivity index (χ2n) is 4.63. The molecular formula is C16H10ClN3. The van der Waals surface area contributed by atoms with Crippen molar-refractivity contribution in [3.05, 3.63) is 60.0 Å². The van der Waals surface area contributed by atoms with Gasteiger partial charge in [-0.25, -0.2) is 4.98 Å². The number of hydrogen-bond donors (Lipinski definition) is 1. The van der Waals surface area contributed by atoms with Crippen molar-refractivity contribution in [2.45, 2.75) is 0 Å². The molecule has 0 saturated carbocycles. The van der Waals surface area contributed by atoms with Crippen molar-refractivity contribution in [1.29, 1.82) is 0 Å². The maximum Gasteiger partial charge on any atom is 0.137 e. The standard InChI is InChI=1S/C16H10ClN3/c17-11-7-13-14(9-20-16(13)19-8-11)12-5-1-3-10-4-2-6-18-15(10)12/h1-9H,(H,19,20). The summed E-state index contributed by atoms with van der Waals surface area (Å²) < 4.78 is 0. The Balaban J connectivity index is 2.09. The van der Waals surface area contributed by atoms with Gasteiger partial charge >= 0.3 is 0 Å². The van der Waals surface area contributed by atoms with E-state index in [1.54, 1.807) is 6.20 Å². The Kier molecular flexibility index (Phi) is 2.47. The van der Waals surface area contributed by atoms with Gasteiger partial charge in [0.1, 0.15) is 5.65 Å². The van der Waals surface area contributed by atoms with Crippen LogP contribution in [0.2, 0.25) is 5.02 Å². The Morgan fingerprint density at radius 3 is 2.85 bits per heavy atom. The van der Waals surface area contributed by atoms with Crippen LogP contribution >= 0.6 is 11.6 Å². The fourth-order valence-corrected chi connectivity index (χ4v) is 2.68. The zero-order valence-electron chi connectivity index (χ0n) is 10.5. The lowest BCUT2D eigenvalue weighted by atomic mass is 10.0. The van der Waals surface area contributed by atoms with Gasteiger partial charge in [0.2, 0.25) is 0 Å². The van der Waals surface area contributed by atoms with Crippen molar-refractivity contribution in [3.63, 3.8) is 0 Å². The second kappa shape index (κ2) is 4.32. The number of aromatic nitrogens is 3. The third-order valence-corrected chi connectivity index (χ3v) is 3.63. The number of H-pyrrole nitrogens is 1. The zero-order valence-corrected chi connectivity index (χ0v) is 11.2. The lowest BCUT2D eigenvalue weighted by molar-refractivity contribution is 1.33. The summed E-state index contributed by atoms with van der Waals surface area (Å²) in [5, 5.41) is 2.76. The maximum atomic E-state index is 6.06. The van der Waals surface area contributed by atoms with E-state index in [0.29, 0.717) is 5.02 Å². The number of nitrogens with zero attached hydrogens (tertiary/aromatic N) is 2. The Hall–Kier alpha value is -2.39. The van der Waals surface area contributed by atoms with Crippen molar-refractivity contribution < 1.29 is 0 Å². The van der Waals surface area contributed by atoms with Crippen LogP contribution in [0.15, 0.2) is 55.0 Å². The molecule has 0 bridgehead atoms. The molecule has 0 aliphatic carbocycles. The highest BCUT2D eigenvalue weighted by Crippen LogP contribution is 2.33. The third-order valence-electron chi connectivity index (χ3n) is 3.42. The van der Waals surface area contributed by atoms with Crippen LogP contribution in [0, 0.1) is 0 Å². The molecular weight excluding hydrogens is 270 g/mol. The monoisotopic (exact) mass is 279 g/mol. The molecule has 20 heavy (non-hydrogen) atoms. The Morgan fingerprint density at radius 2 is 1.90 bits per heavy atom. The van der Waals surface area contributed by atoms with Crippen LogP contribution in [0.3, 0.4) is 0 Å². The molecule has 0 aliphatic heterocycles. The average Bonchev–Trinajstić information content (AvgIpc) is 2.89. The summed E-state index contributed by atoms with van der Waals surface area (Å²) >= 11 is 6.06. The number of rotatable bonds is 1. The maximum absolute atomic E-state index is 6.06. The summed E-state index contributed by atoms with van der Waals surface area (Å²) in [5.74, 6) is 0. The fourth-order valence-electron chi connectivity index (χ4n) is 2.52. The fraction of sp³-hybridized carbons (Fsp3) is 0. The Morgan fingerprint density at radius 1 is 1.00 bits per heavy atom. The van der Waals surface area contributed by atoms with Gasteiger partial charge in [-0.2, -0.15) is 0 Å². The van der Waals surface area contributed by atoms with Crippen LogP contribution in [0.1, 0.15) is 0 Å². The molecule has 4 heteroatoms. The number of nitrogens with one attached hydrogen (secondary N) is 1. The van der Waals surface area contributed by atoms with E-state index < -0.39 is 0 Å². The van der Waals surface area contributed by atoms with Crippen LogP contribution in [0.5, 0.6) is 0 Å². The van der Waals surface area contributed by atoms with Gasteiger partial charge in [-0.05, 0) is 12.1 Å². The van der Waals surface area contributed by atoms with Gasteiger partial charge < -0.3 is 4.98 Å². The zero-order chi connectivity index (χ0) is 13.5. The second-order valence-corrected chi connectivity index (χ2v) is 5.07. The van der Waals surface area contributed by atoms with E-state index >= 15 is 0 Å². The molecule has 0 fully saturated rings. The molecule has 3 heterocycles. The number of aromatic amines is 1. The summed E-state index contributed by atoms with van der Waals surface area (Å²) in [6.45, 7) is 0. The number of halogens is 1. The predicted molar refractivity (Wildman–Crippen MR) is 81.8 cm³/mol. The van der Waals surface area contributed by atoms with Crippen LogP contribution in [-0.4, -0.2) is 15.0 Å². The lowest BCUT2D eigenvalue weighted by Gasteiger charge is -2.04. The predicted octanol–water partition coefficient (Wildman–Crippen LogP) is 4.43. The minimum atomic E-state index is 0.631. The van der Waals surface area contributed by atoms with Gasteiger partial charge in [0, 0.05) is 40.5 Å². The minimum absolute atomic E-state index is 0.631. The molecule has 0 atom stereocenters. The first-order chi connectivity index (χ1) is 9.83. The van der Waals surface area contributed by atoms with Crippen LogP contribution in [-0.2, 0) is 0 Å². The Labute approximate surface area is 120 Å². The highest BCUT2D eigenvalue weighted by Gasteiger charge is 2.11. The van der Waals surface area contributed by atoms with Gasteiger partial charge in [0.05, 0.1) is 10.5 Å². The first kappa shape index (κ1) is 11.4. The van der Waals surface area contributed by atoms with Crippen LogP contribution < -0.4 is 0 Å². The summed E-state index contributed by atoms with van der Waals surface area (Å²) in [6.07, 6.45) is 5.41. The van der Waals surface area contributed by atoms with Crippen LogP contribution in [0.4, 0.5) is 0 Å². The minimum Gasteiger partial charge on any atom is -0.346 e. The molecule has 3 nitrogen and oxygen atoms in total. The number of benzene rings is 1. The van der Waals surface area contributed by atoms with Crippen molar-refractivity contribution in [2.75, 3.05) is 0 Å².